The van der Waals surface area contributed by atoms with E-state index in [2.05, 4.69) is 29.1 Å². The highest BCUT2D eigenvalue weighted by molar-refractivity contribution is 7.14. The lowest BCUT2D eigenvalue weighted by Crippen LogP contribution is -2.46. The van der Waals surface area contributed by atoms with Crippen LogP contribution < -0.4 is 5.32 Å². The van der Waals surface area contributed by atoms with Gasteiger partial charge in [0.25, 0.3) is 0 Å². The summed E-state index contributed by atoms with van der Waals surface area (Å²) in [6.45, 7) is 4.16. The largest absolute Gasteiger partial charge is 0.425 e. The smallest absolute Gasteiger partial charge is 0.374 e. The predicted octanol–water partition coefficient (Wildman–Crippen LogP) is 4.45. The molecule has 1 atom stereocenters. The second-order valence-electron chi connectivity index (χ2n) is 7.26. The minimum atomic E-state index is -5.09. The number of halogens is 3. The van der Waals surface area contributed by atoms with E-state index < -0.39 is 29.9 Å². The average Bonchev–Trinajstić information content (AvgIpc) is 3.30. The van der Waals surface area contributed by atoms with Crippen molar-refractivity contribution < 1.29 is 23.1 Å². The lowest BCUT2D eigenvalue weighted by atomic mass is 9.97. The number of aromatic nitrogens is 3. The van der Waals surface area contributed by atoms with Crippen LogP contribution in [0.3, 0.4) is 0 Å². The van der Waals surface area contributed by atoms with Crippen LogP contribution >= 0.6 is 11.3 Å². The van der Waals surface area contributed by atoms with Crippen LogP contribution in [0.2, 0.25) is 0 Å². The summed E-state index contributed by atoms with van der Waals surface area (Å²) in [7, 11) is 1.31. The van der Waals surface area contributed by atoms with Gasteiger partial charge < -0.3 is 15.0 Å². The Hall–Kier alpha value is -2.72. The molecule has 1 unspecified atom stereocenters. The molecule has 0 radical (unpaired) electrons. The van der Waals surface area contributed by atoms with Crippen LogP contribution in [0, 0.1) is 0 Å². The summed E-state index contributed by atoms with van der Waals surface area (Å²) in [5.74, 6) is -1.29. The third-order valence-corrected chi connectivity index (χ3v) is 5.46. The highest BCUT2D eigenvalue weighted by atomic mass is 32.1. The Morgan fingerprint density at radius 1 is 1.27 bits per heavy atom. The number of aliphatic hydroxyl groups is 1. The number of thiazole rings is 1. The van der Waals surface area contributed by atoms with E-state index in [1.807, 2.05) is 24.3 Å². The summed E-state index contributed by atoms with van der Waals surface area (Å²) in [4.78, 5) is 20.2. The Morgan fingerprint density at radius 2 is 1.93 bits per heavy atom. The van der Waals surface area contributed by atoms with Gasteiger partial charge in [0.15, 0.2) is 11.0 Å². The second-order valence-corrected chi connectivity index (χ2v) is 8.12. The lowest BCUT2D eigenvalue weighted by Gasteiger charge is -2.29. The Morgan fingerprint density at radius 3 is 2.47 bits per heavy atom. The van der Waals surface area contributed by atoms with E-state index >= 15 is 0 Å². The Kier molecular flexibility index (Phi) is 6.00. The number of imidazole rings is 1. The first kappa shape index (κ1) is 22.0. The van der Waals surface area contributed by atoms with Gasteiger partial charge in [-0.3, -0.25) is 4.79 Å². The van der Waals surface area contributed by atoms with Gasteiger partial charge in [0.1, 0.15) is 0 Å². The molecular formula is C20H21F3N4O2S. The third kappa shape index (κ3) is 4.39. The lowest BCUT2D eigenvalue weighted by molar-refractivity contribution is -0.270. The van der Waals surface area contributed by atoms with Gasteiger partial charge in [0.05, 0.1) is 12.1 Å². The van der Waals surface area contributed by atoms with E-state index in [1.54, 1.807) is 5.38 Å². The van der Waals surface area contributed by atoms with E-state index in [0.29, 0.717) is 11.6 Å². The SMILES string of the molecule is CC(C)c1ccc(-c2csc(NC(=O)CC(O)(c3nccn3C)C(F)(F)F)n2)cc1. The van der Waals surface area contributed by atoms with Crippen molar-refractivity contribution in [3.05, 3.63) is 53.4 Å². The Labute approximate surface area is 175 Å². The summed E-state index contributed by atoms with van der Waals surface area (Å²) in [6, 6.07) is 7.76. The fourth-order valence-corrected chi connectivity index (χ4v) is 3.70. The molecule has 3 rings (SSSR count). The first-order valence-corrected chi connectivity index (χ1v) is 10.0. The van der Waals surface area contributed by atoms with Crippen LogP contribution in [0.25, 0.3) is 11.3 Å². The van der Waals surface area contributed by atoms with E-state index in [0.717, 1.165) is 27.7 Å². The fraction of sp³-hybridized carbons (Fsp3) is 0.350. The monoisotopic (exact) mass is 438 g/mol. The van der Waals surface area contributed by atoms with Crippen LogP contribution in [-0.4, -0.2) is 31.7 Å². The van der Waals surface area contributed by atoms with Crippen molar-refractivity contribution in [2.75, 3.05) is 5.32 Å². The quantitative estimate of drug-likeness (QED) is 0.596. The van der Waals surface area contributed by atoms with Crippen LogP contribution in [-0.2, 0) is 17.4 Å². The minimum absolute atomic E-state index is 0.146. The number of hydrogen-bond donors (Lipinski definition) is 2. The molecule has 0 spiro atoms. The molecular weight excluding hydrogens is 417 g/mol. The molecule has 0 saturated carbocycles. The van der Waals surface area contributed by atoms with Crippen molar-refractivity contribution in [3.63, 3.8) is 0 Å². The standard InChI is InChI=1S/C20H21F3N4O2S/c1-12(2)13-4-6-14(7-5-13)15-11-30-18(25-15)26-16(28)10-19(29,20(21,22)23)17-24-8-9-27(17)3/h4-9,11-12,29H,10H2,1-3H3,(H,25,26,28). The molecule has 1 aromatic carbocycles. The molecule has 0 fully saturated rings. The molecule has 30 heavy (non-hydrogen) atoms. The van der Waals surface area contributed by atoms with E-state index in [-0.39, 0.29) is 5.13 Å². The number of hydrogen-bond acceptors (Lipinski definition) is 5. The van der Waals surface area contributed by atoms with E-state index in [1.165, 1.54) is 18.8 Å². The van der Waals surface area contributed by atoms with Crippen molar-refractivity contribution in [1.82, 2.24) is 14.5 Å². The van der Waals surface area contributed by atoms with Crippen LogP contribution in [0.15, 0.2) is 42.0 Å². The fourth-order valence-electron chi connectivity index (χ4n) is 2.97. The number of nitrogens with zero attached hydrogens (tertiary/aromatic N) is 3. The maximum absolute atomic E-state index is 13.6. The maximum atomic E-state index is 13.6. The number of rotatable bonds is 6. The number of nitrogens with one attached hydrogen (secondary N) is 1. The van der Waals surface area contributed by atoms with Crippen molar-refractivity contribution >= 4 is 22.4 Å². The molecule has 2 heterocycles. The molecule has 0 bridgehead atoms. The molecule has 10 heteroatoms. The summed E-state index contributed by atoms with van der Waals surface area (Å²) in [5, 5.41) is 14.5. The van der Waals surface area contributed by atoms with Gasteiger partial charge >= 0.3 is 6.18 Å². The summed E-state index contributed by atoms with van der Waals surface area (Å²) in [6.07, 6.45) is -3.93. The number of benzene rings is 1. The summed E-state index contributed by atoms with van der Waals surface area (Å²) < 4.78 is 41.7. The number of aryl methyl sites for hydroxylation is 1. The van der Waals surface area contributed by atoms with Gasteiger partial charge in [-0.25, -0.2) is 9.97 Å². The summed E-state index contributed by atoms with van der Waals surface area (Å²) in [5.41, 5.74) is -0.817. The highest BCUT2D eigenvalue weighted by Gasteiger charge is 2.58. The van der Waals surface area contributed by atoms with Crippen LogP contribution in [0.4, 0.5) is 18.3 Å². The van der Waals surface area contributed by atoms with Gasteiger partial charge in [0, 0.05) is 30.4 Å². The molecule has 0 aliphatic heterocycles. The number of alkyl halides is 3. The van der Waals surface area contributed by atoms with Gasteiger partial charge in [0.2, 0.25) is 11.5 Å². The molecule has 2 N–H and O–H groups in total. The molecule has 2 aromatic heterocycles. The first-order valence-electron chi connectivity index (χ1n) is 9.14. The second kappa shape index (κ2) is 8.19. The number of carbonyl (C=O) groups is 1. The average molecular weight is 438 g/mol. The van der Waals surface area contributed by atoms with E-state index in [4.69, 9.17) is 0 Å². The zero-order valence-corrected chi connectivity index (χ0v) is 17.4. The number of anilines is 1. The highest BCUT2D eigenvalue weighted by Crippen LogP contribution is 2.41. The molecule has 0 saturated heterocycles. The zero-order chi connectivity index (χ0) is 22.1. The molecule has 0 aliphatic rings. The van der Waals surface area contributed by atoms with Crippen molar-refractivity contribution in [3.8, 4) is 11.3 Å². The van der Waals surface area contributed by atoms with Gasteiger partial charge in [-0.2, -0.15) is 13.2 Å². The summed E-state index contributed by atoms with van der Waals surface area (Å²) >= 11 is 1.09. The van der Waals surface area contributed by atoms with Crippen LogP contribution in [0.5, 0.6) is 0 Å². The van der Waals surface area contributed by atoms with Crippen LogP contribution in [0.1, 0.15) is 37.6 Å². The van der Waals surface area contributed by atoms with Crippen molar-refractivity contribution in [2.24, 2.45) is 7.05 Å². The normalized spacial score (nSPS) is 14.0. The third-order valence-electron chi connectivity index (χ3n) is 4.70. The van der Waals surface area contributed by atoms with Crippen molar-refractivity contribution in [1.29, 1.82) is 0 Å². The van der Waals surface area contributed by atoms with Gasteiger partial charge in [-0.05, 0) is 11.5 Å². The Bertz CT molecular complexity index is 1030. The molecule has 160 valence electrons. The van der Waals surface area contributed by atoms with Gasteiger partial charge in [-0.15, -0.1) is 11.3 Å². The van der Waals surface area contributed by atoms with Crippen molar-refractivity contribution in [2.45, 2.75) is 38.0 Å². The maximum Gasteiger partial charge on any atom is 0.425 e. The molecule has 0 aliphatic carbocycles. The first-order chi connectivity index (χ1) is 14.0. The topological polar surface area (TPSA) is 80.0 Å². The number of carbonyl (C=O) groups excluding carboxylic acids is 1. The molecule has 6 nitrogen and oxygen atoms in total. The molecule has 3 aromatic rings. The minimum Gasteiger partial charge on any atom is -0.374 e. The van der Waals surface area contributed by atoms with E-state index in [9.17, 15) is 23.1 Å². The predicted molar refractivity (Wildman–Crippen MR) is 108 cm³/mol. The Balaban J connectivity index is 1.75. The number of amides is 1. The zero-order valence-electron chi connectivity index (χ0n) is 16.6. The van der Waals surface area contributed by atoms with Gasteiger partial charge in [-0.1, -0.05) is 38.1 Å². The molecule has 1 amide bonds.